The number of sulfonamides is 1. The third-order valence-corrected chi connectivity index (χ3v) is 5.43. The summed E-state index contributed by atoms with van der Waals surface area (Å²) in [6.07, 6.45) is 1.99. The van der Waals surface area contributed by atoms with Crippen molar-refractivity contribution in [1.29, 1.82) is 0 Å². The molecule has 2 aromatic carbocycles. The van der Waals surface area contributed by atoms with Gasteiger partial charge in [-0.2, -0.15) is 0 Å². The molecule has 0 aromatic heterocycles. The molecule has 0 atom stereocenters. The van der Waals surface area contributed by atoms with Gasteiger partial charge in [0.15, 0.2) is 11.5 Å². The number of carboxylic acid groups (broad SMARTS) is 1. The van der Waals surface area contributed by atoms with Crippen molar-refractivity contribution in [1.82, 2.24) is 0 Å². The van der Waals surface area contributed by atoms with Gasteiger partial charge < -0.3 is 25.0 Å². The van der Waals surface area contributed by atoms with Gasteiger partial charge in [0.05, 0.1) is 37.1 Å². The predicted molar refractivity (Wildman–Crippen MR) is 116 cm³/mol. The Morgan fingerprint density at radius 3 is 2.47 bits per heavy atom. The number of benzene rings is 2. The molecule has 13 heteroatoms. The van der Waals surface area contributed by atoms with Gasteiger partial charge in [0.1, 0.15) is 4.90 Å². The van der Waals surface area contributed by atoms with E-state index in [1.807, 2.05) is 0 Å². The number of aliphatic hydroxyl groups is 1. The summed E-state index contributed by atoms with van der Waals surface area (Å²) in [5.74, 6) is -1.36. The maximum absolute atomic E-state index is 13.2. The third kappa shape index (κ3) is 5.86. The van der Waals surface area contributed by atoms with Gasteiger partial charge in [0, 0.05) is 24.8 Å². The first-order valence-electron chi connectivity index (χ1n) is 8.96. The van der Waals surface area contributed by atoms with Gasteiger partial charge in [-0.25, -0.2) is 13.2 Å². The van der Waals surface area contributed by atoms with E-state index in [-0.39, 0.29) is 52.2 Å². The van der Waals surface area contributed by atoms with Crippen molar-refractivity contribution in [2.75, 3.05) is 37.4 Å². The van der Waals surface area contributed by atoms with Crippen molar-refractivity contribution in [3.8, 4) is 11.5 Å². The Hall–Kier alpha value is -3.84. The Morgan fingerprint density at radius 1 is 1.19 bits per heavy atom. The molecular weight excluding hydrogens is 446 g/mol. The summed E-state index contributed by atoms with van der Waals surface area (Å²) in [6.45, 7) is -0.189. The zero-order valence-corrected chi connectivity index (χ0v) is 17.9. The fraction of sp³-hybridized carbons (Fsp3) is 0.211. The van der Waals surface area contributed by atoms with E-state index in [4.69, 9.17) is 19.7 Å². The van der Waals surface area contributed by atoms with Crippen LogP contribution < -0.4 is 19.5 Å². The second-order valence-corrected chi connectivity index (χ2v) is 7.82. The largest absolute Gasteiger partial charge is 0.493 e. The van der Waals surface area contributed by atoms with Gasteiger partial charge in [-0.05, 0) is 29.8 Å². The molecule has 2 rings (SSSR count). The van der Waals surface area contributed by atoms with Gasteiger partial charge >= 0.3 is 5.97 Å². The van der Waals surface area contributed by atoms with Crippen LogP contribution in [0.15, 0.2) is 41.3 Å². The molecule has 0 saturated carbocycles. The fourth-order valence-corrected chi connectivity index (χ4v) is 3.98. The van der Waals surface area contributed by atoms with Crippen LogP contribution in [0.25, 0.3) is 6.08 Å². The average Bonchev–Trinajstić information content (AvgIpc) is 2.75. The number of ether oxygens (including phenoxy) is 2. The lowest BCUT2D eigenvalue weighted by atomic mass is 10.2. The number of carboxylic acids is 1. The molecule has 0 bridgehead atoms. The minimum Gasteiger partial charge on any atom is -0.493 e. The summed E-state index contributed by atoms with van der Waals surface area (Å²) < 4.78 is 39.1. The van der Waals surface area contributed by atoms with Gasteiger partial charge in [-0.1, -0.05) is 0 Å². The molecule has 0 aliphatic rings. The summed E-state index contributed by atoms with van der Waals surface area (Å²) in [7, 11) is -1.89. The van der Waals surface area contributed by atoms with Crippen LogP contribution in [0, 0.1) is 10.1 Å². The summed E-state index contributed by atoms with van der Waals surface area (Å²) >= 11 is 0. The number of carbonyl (C=O) groups is 1. The smallest absolute Gasteiger partial charge is 0.328 e. The molecule has 0 spiro atoms. The van der Waals surface area contributed by atoms with Crippen molar-refractivity contribution >= 4 is 39.1 Å². The first kappa shape index (κ1) is 24.4. The van der Waals surface area contributed by atoms with E-state index in [1.54, 1.807) is 0 Å². The van der Waals surface area contributed by atoms with Crippen molar-refractivity contribution < 1.29 is 37.8 Å². The first-order valence-corrected chi connectivity index (χ1v) is 10.4. The highest BCUT2D eigenvalue weighted by Crippen LogP contribution is 2.38. The summed E-state index contributed by atoms with van der Waals surface area (Å²) in [5.41, 5.74) is -0.107. The molecule has 4 N–H and O–H groups in total. The Labute approximate surface area is 183 Å². The number of methoxy groups -OCH3 is 2. The van der Waals surface area contributed by atoms with E-state index in [1.165, 1.54) is 44.6 Å². The summed E-state index contributed by atoms with van der Waals surface area (Å²) in [6, 6.07) is 6.06. The predicted octanol–water partition coefficient (Wildman–Crippen LogP) is 1.91. The molecule has 0 aliphatic carbocycles. The number of aliphatic carboxylic acids is 1. The molecule has 172 valence electrons. The van der Waals surface area contributed by atoms with Crippen molar-refractivity contribution in [2.24, 2.45) is 0 Å². The molecular formula is C19H21N3O9S. The molecule has 32 heavy (non-hydrogen) atoms. The van der Waals surface area contributed by atoms with Gasteiger partial charge in [0.2, 0.25) is 0 Å². The number of nitro groups is 1. The van der Waals surface area contributed by atoms with E-state index >= 15 is 0 Å². The van der Waals surface area contributed by atoms with Gasteiger partial charge in [0.25, 0.3) is 15.7 Å². The average molecular weight is 467 g/mol. The number of rotatable bonds is 11. The van der Waals surface area contributed by atoms with Crippen LogP contribution >= 0.6 is 0 Å². The van der Waals surface area contributed by atoms with Crippen LogP contribution in [0.4, 0.5) is 17.1 Å². The van der Waals surface area contributed by atoms with Crippen molar-refractivity contribution in [3.05, 3.63) is 52.1 Å². The number of hydrogen-bond donors (Lipinski definition) is 4. The number of hydrogen-bond acceptors (Lipinski definition) is 9. The maximum atomic E-state index is 13.2. The number of anilines is 2. The maximum Gasteiger partial charge on any atom is 0.328 e. The number of aliphatic hydroxyl groups excluding tert-OH is 1. The van der Waals surface area contributed by atoms with Crippen molar-refractivity contribution in [2.45, 2.75) is 4.90 Å². The second-order valence-electron chi connectivity index (χ2n) is 6.17. The van der Waals surface area contributed by atoms with Crippen LogP contribution in [0.2, 0.25) is 0 Å². The quantitative estimate of drug-likeness (QED) is 0.217. The minimum absolute atomic E-state index is 0.0260. The zero-order valence-electron chi connectivity index (χ0n) is 17.1. The number of nitrogens with zero attached hydrogens (tertiary/aromatic N) is 1. The van der Waals surface area contributed by atoms with E-state index < -0.39 is 20.9 Å². The number of nitrogens with one attached hydrogen (secondary N) is 2. The highest BCUT2D eigenvalue weighted by atomic mass is 32.2. The van der Waals surface area contributed by atoms with E-state index in [9.17, 15) is 23.3 Å². The third-order valence-electron chi connectivity index (χ3n) is 4.06. The lowest BCUT2D eigenvalue weighted by molar-refractivity contribution is -0.384. The SMILES string of the molecule is COc1cc(/C=C/C(=O)O)cc(S(=O)(=O)Nc2cc([N+](=O)[O-])ccc2NCCO)c1OC. The van der Waals surface area contributed by atoms with Crippen LogP contribution in [0.5, 0.6) is 11.5 Å². The first-order chi connectivity index (χ1) is 15.1. The Kier molecular flexibility index (Phi) is 7.98. The molecule has 0 fully saturated rings. The Bertz CT molecular complexity index is 1150. The van der Waals surface area contributed by atoms with E-state index in [2.05, 4.69) is 10.0 Å². The van der Waals surface area contributed by atoms with Crippen LogP contribution in [-0.2, 0) is 14.8 Å². The highest BCUT2D eigenvalue weighted by Gasteiger charge is 2.25. The van der Waals surface area contributed by atoms with Gasteiger partial charge in [-0.15, -0.1) is 0 Å². The molecule has 0 saturated heterocycles. The van der Waals surface area contributed by atoms with E-state index in [0.29, 0.717) is 0 Å². The molecule has 0 heterocycles. The van der Waals surface area contributed by atoms with Crippen molar-refractivity contribution in [3.63, 3.8) is 0 Å². The molecule has 0 amide bonds. The van der Waals surface area contributed by atoms with E-state index in [0.717, 1.165) is 12.1 Å². The van der Waals surface area contributed by atoms with Crippen LogP contribution in [0.1, 0.15) is 5.56 Å². The lowest BCUT2D eigenvalue weighted by Gasteiger charge is -2.17. The van der Waals surface area contributed by atoms with Crippen LogP contribution in [0.3, 0.4) is 0 Å². The zero-order chi connectivity index (χ0) is 23.9. The summed E-state index contributed by atoms with van der Waals surface area (Å²) in [5, 5.41) is 31.8. The fourth-order valence-electron chi connectivity index (χ4n) is 2.69. The highest BCUT2D eigenvalue weighted by molar-refractivity contribution is 7.92. The molecule has 0 radical (unpaired) electrons. The lowest BCUT2D eigenvalue weighted by Crippen LogP contribution is -2.17. The Morgan fingerprint density at radius 2 is 1.91 bits per heavy atom. The monoisotopic (exact) mass is 467 g/mol. The minimum atomic E-state index is -4.40. The second kappa shape index (κ2) is 10.5. The van der Waals surface area contributed by atoms with Gasteiger partial charge in [-0.3, -0.25) is 14.8 Å². The summed E-state index contributed by atoms with van der Waals surface area (Å²) in [4.78, 5) is 20.9. The topological polar surface area (TPSA) is 177 Å². The molecule has 2 aromatic rings. The number of non-ortho nitro benzene ring substituents is 1. The Balaban J connectivity index is 2.62. The standard InChI is InChI=1S/C19H21N3O9S/c1-30-16-9-12(3-6-18(24)25)10-17(19(16)31-2)32(28,29)21-15-11-13(22(26)27)4-5-14(15)20-7-8-23/h3-6,9-11,20-21,23H,7-8H2,1-2H3,(H,24,25)/b6-3+. The molecule has 12 nitrogen and oxygen atoms in total. The van der Waals surface area contributed by atoms with Crippen LogP contribution in [-0.4, -0.2) is 56.9 Å². The normalized spacial score (nSPS) is 11.2. The molecule has 0 aliphatic heterocycles. The number of nitro benzene ring substituents is 1. The molecule has 0 unspecified atom stereocenters.